The predicted molar refractivity (Wildman–Crippen MR) is 212 cm³/mol. The van der Waals surface area contributed by atoms with E-state index < -0.39 is 42.1 Å². The number of nitrogens with zero attached hydrogens (tertiary/aromatic N) is 10. The summed E-state index contributed by atoms with van der Waals surface area (Å²) in [6, 6.07) is 9.91. The molecular formula is C40H47F8N11O3. The molecule has 336 valence electrons. The number of benzene rings is 2. The molecule has 0 spiro atoms. The van der Waals surface area contributed by atoms with E-state index in [1.54, 1.807) is 46.0 Å². The zero-order valence-electron chi connectivity index (χ0n) is 34.1. The van der Waals surface area contributed by atoms with Crippen LogP contribution in [0.1, 0.15) is 113 Å². The number of halogens is 8. The fourth-order valence-corrected chi connectivity index (χ4v) is 6.02. The largest absolute Gasteiger partial charge is 0.480 e. The van der Waals surface area contributed by atoms with Gasteiger partial charge in [-0.15, -0.1) is 10.2 Å². The van der Waals surface area contributed by atoms with E-state index in [2.05, 4.69) is 30.4 Å². The average molecular weight is 882 g/mol. The molecule has 14 nitrogen and oxygen atoms in total. The normalized spacial score (nSPS) is 12.5. The van der Waals surface area contributed by atoms with Crippen LogP contribution < -0.4 is 5.73 Å². The maximum Gasteiger partial charge on any atom is 0.453 e. The van der Waals surface area contributed by atoms with Gasteiger partial charge in [0.2, 0.25) is 0 Å². The fraction of sp³-hybridized carbons (Fsp3) is 0.400. The minimum absolute atomic E-state index is 0. The van der Waals surface area contributed by atoms with Gasteiger partial charge in [-0.25, -0.2) is 42.3 Å². The molecule has 0 saturated heterocycles. The Hall–Kier alpha value is -6.48. The lowest BCUT2D eigenvalue weighted by Gasteiger charge is -2.15. The van der Waals surface area contributed by atoms with Crippen LogP contribution in [0.2, 0.25) is 0 Å². The lowest BCUT2D eigenvalue weighted by molar-refractivity contribution is -0.146. The fourth-order valence-electron chi connectivity index (χ4n) is 6.02. The predicted octanol–water partition coefficient (Wildman–Crippen LogP) is 9.03. The molecule has 2 aromatic carbocycles. The molecule has 6 aromatic rings. The van der Waals surface area contributed by atoms with Gasteiger partial charge in [0, 0.05) is 12.0 Å². The molecular weight excluding hydrogens is 834 g/mol. The van der Waals surface area contributed by atoms with Gasteiger partial charge in [-0.2, -0.15) is 36.5 Å². The highest BCUT2D eigenvalue weighted by atomic mass is 19.4. The Morgan fingerprint density at radius 3 is 1.42 bits per heavy atom. The number of aliphatic carboxylic acids is 1. The van der Waals surface area contributed by atoms with Crippen LogP contribution in [0.25, 0.3) is 11.4 Å². The lowest BCUT2D eigenvalue weighted by atomic mass is 9.99. The minimum atomic E-state index is -4.68. The summed E-state index contributed by atoms with van der Waals surface area (Å²) < 4.78 is 106. The Kier molecular flexibility index (Phi) is 16.0. The van der Waals surface area contributed by atoms with Crippen LogP contribution in [-0.4, -0.2) is 65.9 Å². The summed E-state index contributed by atoms with van der Waals surface area (Å²) in [6.45, 7) is 13.3. The number of aryl methyl sites for hydroxylation is 2. The highest BCUT2D eigenvalue weighted by Crippen LogP contribution is 2.30. The van der Waals surface area contributed by atoms with Crippen LogP contribution in [0.15, 0.2) is 60.9 Å². The SMILES string of the molecule is C.CC(C)c1c(N)cnn1-c1ccc(F)cc1.Cc1nc(C(F)(F)F)nn1C(C)C(=O)Cc1cnn(-c2ccc(F)cc2)c1C(C)C.Cc1nc(C(F)(F)F)nn1C(C)C(=O)O. The third-order valence-corrected chi connectivity index (χ3v) is 8.99. The van der Waals surface area contributed by atoms with E-state index in [0.717, 1.165) is 26.4 Å². The summed E-state index contributed by atoms with van der Waals surface area (Å²) in [4.78, 5) is 29.9. The van der Waals surface area contributed by atoms with Crippen molar-refractivity contribution in [2.24, 2.45) is 0 Å². The molecule has 0 amide bonds. The molecule has 0 aliphatic rings. The number of aromatic nitrogens is 10. The third-order valence-electron chi connectivity index (χ3n) is 8.99. The minimum Gasteiger partial charge on any atom is -0.480 e. The number of nitrogens with two attached hydrogens (primary N) is 1. The van der Waals surface area contributed by atoms with E-state index >= 15 is 0 Å². The number of Topliss-reactive ketones (excluding diaryl/α,β-unsaturated/α-hetero) is 1. The number of carboxylic acid groups (broad SMARTS) is 1. The van der Waals surface area contributed by atoms with Crippen molar-refractivity contribution in [1.29, 1.82) is 0 Å². The molecule has 0 radical (unpaired) electrons. The van der Waals surface area contributed by atoms with Gasteiger partial charge >= 0.3 is 18.3 Å². The van der Waals surface area contributed by atoms with E-state index in [4.69, 9.17) is 10.8 Å². The Labute approximate surface area is 351 Å². The number of carboxylic acids is 1. The Balaban J connectivity index is 0.000000270. The molecule has 3 N–H and O–H groups in total. The molecule has 0 fully saturated rings. The average Bonchev–Trinajstić information content (AvgIpc) is 3.97. The Morgan fingerprint density at radius 2 is 1.05 bits per heavy atom. The van der Waals surface area contributed by atoms with Crippen molar-refractivity contribution in [3.05, 3.63) is 113 Å². The van der Waals surface area contributed by atoms with Crippen molar-refractivity contribution in [3.8, 4) is 11.4 Å². The zero-order chi connectivity index (χ0) is 45.7. The van der Waals surface area contributed by atoms with Gasteiger partial charge in [0.05, 0.1) is 40.8 Å². The van der Waals surface area contributed by atoms with Crippen LogP contribution in [0.3, 0.4) is 0 Å². The first-order valence-corrected chi connectivity index (χ1v) is 18.5. The van der Waals surface area contributed by atoms with Crippen LogP contribution >= 0.6 is 0 Å². The first kappa shape index (κ1) is 49.9. The van der Waals surface area contributed by atoms with Crippen LogP contribution in [0.4, 0.5) is 40.8 Å². The number of rotatable bonds is 10. The molecule has 0 aliphatic carbocycles. The number of alkyl halides is 6. The van der Waals surface area contributed by atoms with Gasteiger partial charge in [0.15, 0.2) is 5.78 Å². The number of nitrogen functional groups attached to an aromatic ring is 1. The van der Waals surface area contributed by atoms with Gasteiger partial charge in [0.25, 0.3) is 11.6 Å². The number of hydrogen-bond donors (Lipinski definition) is 2. The van der Waals surface area contributed by atoms with Crippen LogP contribution in [0, 0.1) is 25.5 Å². The maximum absolute atomic E-state index is 13.2. The van der Waals surface area contributed by atoms with E-state index in [1.807, 2.05) is 27.7 Å². The first-order valence-electron chi connectivity index (χ1n) is 18.5. The van der Waals surface area contributed by atoms with E-state index in [0.29, 0.717) is 16.9 Å². The molecule has 2 atom stereocenters. The van der Waals surface area contributed by atoms with Gasteiger partial charge in [-0.3, -0.25) is 4.79 Å². The number of anilines is 1. The summed E-state index contributed by atoms with van der Waals surface area (Å²) >= 11 is 0. The number of carbonyl (C=O) groups is 2. The van der Waals surface area contributed by atoms with Gasteiger partial charge in [0.1, 0.15) is 35.4 Å². The maximum atomic E-state index is 13.2. The van der Waals surface area contributed by atoms with Crippen molar-refractivity contribution in [2.45, 2.75) is 106 Å². The highest BCUT2D eigenvalue weighted by Gasteiger charge is 2.38. The topological polar surface area (TPSA) is 177 Å². The second-order valence-corrected chi connectivity index (χ2v) is 14.3. The summed E-state index contributed by atoms with van der Waals surface area (Å²) in [5.41, 5.74) is 10.4. The Morgan fingerprint density at radius 1 is 0.661 bits per heavy atom. The third kappa shape index (κ3) is 11.9. The quantitative estimate of drug-likeness (QED) is 0.126. The number of ketones is 1. The van der Waals surface area contributed by atoms with Gasteiger partial charge in [-0.05, 0) is 88.1 Å². The lowest BCUT2D eigenvalue weighted by Crippen LogP contribution is -2.22. The summed E-state index contributed by atoms with van der Waals surface area (Å²) in [6.07, 6.45) is -6.19. The van der Waals surface area contributed by atoms with Crippen LogP contribution in [0.5, 0.6) is 0 Å². The van der Waals surface area contributed by atoms with E-state index in [-0.39, 0.29) is 54.7 Å². The molecule has 2 unspecified atom stereocenters. The van der Waals surface area contributed by atoms with Crippen molar-refractivity contribution in [1.82, 2.24) is 49.1 Å². The van der Waals surface area contributed by atoms with Crippen molar-refractivity contribution >= 4 is 17.4 Å². The highest BCUT2D eigenvalue weighted by molar-refractivity contribution is 5.84. The van der Waals surface area contributed by atoms with Gasteiger partial charge < -0.3 is 10.8 Å². The standard InChI is InChI=1S/C20H21F4N5O.C12H14FN3.C7H8F3N3O2.CH4/c1-11(2)18-14(10-25-29(18)16-7-5-15(21)6-8-16)9-17(30)12(3)28-13(4)26-19(27-28)20(22,23)24;1-8(2)12-11(14)7-15-16(12)10-5-3-9(13)4-6-10;1-3(5(14)15)13-4(2)11-6(12-13)7(8,9)10;/h5-8,10-12H,9H2,1-4H3;3-8H,14H2,1-2H3;3H,1-2H3,(H,14,15);1H4. The molecule has 22 heteroatoms. The molecule has 0 aliphatic heterocycles. The number of hydrogen-bond acceptors (Lipinski definition) is 9. The van der Waals surface area contributed by atoms with Crippen LogP contribution in [-0.2, 0) is 28.4 Å². The summed E-state index contributed by atoms with van der Waals surface area (Å²) in [5.74, 6) is -4.62. The molecule has 6 rings (SSSR count). The van der Waals surface area contributed by atoms with E-state index in [1.165, 1.54) is 52.0 Å². The Bertz CT molecular complexity index is 2430. The number of carbonyl (C=O) groups excluding carboxylic acids is 1. The van der Waals surface area contributed by atoms with E-state index in [9.17, 15) is 44.7 Å². The molecule has 0 bridgehead atoms. The molecule has 4 heterocycles. The van der Waals surface area contributed by atoms with Crippen molar-refractivity contribution in [3.63, 3.8) is 0 Å². The zero-order valence-corrected chi connectivity index (χ0v) is 34.1. The second-order valence-electron chi connectivity index (χ2n) is 14.3. The molecule has 62 heavy (non-hydrogen) atoms. The van der Waals surface area contributed by atoms with Crippen molar-refractivity contribution < 1.29 is 49.8 Å². The second kappa shape index (κ2) is 19.9. The van der Waals surface area contributed by atoms with Gasteiger partial charge in [-0.1, -0.05) is 35.1 Å². The smallest absolute Gasteiger partial charge is 0.453 e. The monoisotopic (exact) mass is 881 g/mol. The molecule has 4 aromatic heterocycles. The first-order chi connectivity index (χ1) is 28.3. The van der Waals surface area contributed by atoms with Crippen molar-refractivity contribution in [2.75, 3.05) is 5.73 Å². The molecule has 0 saturated carbocycles. The summed E-state index contributed by atoms with van der Waals surface area (Å²) in [5, 5.41) is 23.7. The summed E-state index contributed by atoms with van der Waals surface area (Å²) in [7, 11) is 0.